The van der Waals surface area contributed by atoms with Crippen LogP contribution in [0.3, 0.4) is 0 Å². The number of carbonyl (C=O) groups excluding carboxylic acids is 1. The van der Waals surface area contributed by atoms with Crippen LogP contribution in [0, 0.1) is 10.1 Å². The first-order chi connectivity index (χ1) is 14.0. The summed E-state index contributed by atoms with van der Waals surface area (Å²) in [6.07, 6.45) is 2.57. The summed E-state index contributed by atoms with van der Waals surface area (Å²) in [5, 5.41) is 13.0. The van der Waals surface area contributed by atoms with Crippen LogP contribution in [-0.2, 0) is 14.8 Å². The second kappa shape index (κ2) is 8.46. The van der Waals surface area contributed by atoms with E-state index < -0.39 is 26.5 Å². The Hall–Kier alpha value is -2.89. The van der Waals surface area contributed by atoms with E-state index in [2.05, 4.69) is 10.1 Å². The van der Waals surface area contributed by atoms with Crippen molar-refractivity contribution in [3.63, 3.8) is 0 Å². The largest absolute Gasteiger partial charge is 0.453 e. The van der Waals surface area contributed by atoms with Crippen molar-refractivity contribution in [1.29, 1.82) is 0 Å². The Kier molecular flexibility index (Phi) is 6.15. The summed E-state index contributed by atoms with van der Waals surface area (Å²) in [6, 6.07) is 8.65. The van der Waals surface area contributed by atoms with E-state index in [1.54, 1.807) is 18.2 Å². The Labute approximate surface area is 177 Å². The van der Waals surface area contributed by atoms with Gasteiger partial charge in [-0.2, -0.15) is 0 Å². The molecule has 0 spiro atoms. The standard InChI is InChI=1S/C18H19ClN4O6S/c1-11(24)22(20-12-7-8-12)15-9-14(21-30(2,27)28)18(10-16(15)23(25)26)29-17-6-4-3-5-13(17)19/h3-6,9-10,12,20-21H,7-8H2,1-2H3. The molecule has 0 bridgehead atoms. The Morgan fingerprint density at radius 1 is 1.27 bits per heavy atom. The number of hydrogen-bond donors (Lipinski definition) is 2. The highest BCUT2D eigenvalue weighted by atomic mass is 35.5. The van der Waals surface area contributed by atoms with Crippen LogP contribution in [0.1, 0.15) is 19.8 Å². The quantitative estimate of drug-likeness (QED) is 0.461. The normalized spacial score (nSPS) is 13.6. The second-order valence-electron chi connectivity index (χ2n) is 6.76. The Morgan fingerprint density at radius 3 is 2.47 bits per heavy atom. The van der Waals surface area contributed by atoms with Crippen molar-refractivity contribution >= 4 is 44.6 Å². The number of nitrogens with zero attached hydrogens (tertiary/aromatic N) is 2. The molecule has 0 aliphatic heterocycles. The predicted octanol–water partition coefficient (Wildman–Crippen LogP) is 3.43. The molecule has 3 rings (SSSR count). The van der Waals surface area contributed by atoms with Gasteiger partial charge in [-0.15, -0.1) is 0 Å². The predicted molar refractivity (Wildman–Crippen MR) is 112 cm³/mol. The van der Waals surface area contributed by atoms with Crippen molar-refractivity contribution in [3.05, 3.63) is 51.5 Å². The summed E-state index contributed by atoms with van der Waals surface area (Å²) in [5.41, 5.74) is 2.27. The number of anilines is 2. The summed E-state index contributed by atoms with van der Waals surface area (Å²) in [7, 11) is -3.77. The summed E-state index contributed by atoms with van der Waals surface area (Å²) in [4.78, 5) is 23.2. The minimum atomic E-state index is -3.77. The fraction of sp³-hybridized carbons (Fsp3) is 0.278. The van der Waals surface area contributed by atoms with Crippen LogP contribution in [0.4, 0.5) is 17.1 Å². The molecule has 30 heavy (non-hydrogen) atoms. The van der Waals surface area contributed by atoms with Gasteiger partial charge >= 0.3 is 0 Å². The van der Waals surface area contributed by atoms with Crippen molar-refractivity contribution in [3.8, 4) is 11.5 Å². The number of para-hydroxylation sites is 1. The maximum atomic E-state index is 12.2. The molecule has 0 atom stereocenters. The molecule has 1 fully saturated rings. The van der Waals surface area contributed by atoms with E-state index in [0.717, 1.165) is 30.2 Å². The minimum absolute atomic E-state index is 0.0128. The van der Waals surface area contributed by atoms with Gasteiger partial charge in [0.15, 0.2) is 5.75 Å². The highest BCUT2D eigenvalue weighted by Crippen LogP contribution is 2.42. The van der Waals surface area contributed by atoms with Crippen molar-refractivity contribution in [2.24, 2.45) is 0 Å². The zero-order valence-electron chi connectivity index (χ0n) is 16.1. The van der Waals surface area contributed by atoms with Crippen LogP contribution in [0.5, 0.6) is 11.5 Å². The fourth-order valence-corrected chi connectivity index (χ4v) is 3.35. The van der Waals surface area contributed by atoms with Gasteiger partial charge in [-0.3, -0.25) is 19.6 Å². The Morgan fingerprint density at radius 2 is 1.93 bits per heavy atom. The minimum Gasteiger partial charge on any atom is -0.453 e. The highest BCUT2D eigenvalue weighted by Gasteiger charge is 2.31. The van der Waals surface area contributed by atoms with Gasteiger partial charge in [0.2, 0.25) is 15.9 Å². The average molecular weight is 455 g/mol. The zero-order chi connectivity index (χ0) is 22.1. The third kappa shape index (κ3) is 5.38. The second-order valence-corrected chi connectivity index (χ2v) is 8.91. The summed E-state index contributed by atoms with van der Waals surface area (Å²) < 4.78 is 31.7. The maximum Gasteiger partial charge on any atom is 0.298 e. The van der Waals surface area contributed by atoms with E-state index in [4.69, 9.17) is 16.3 Å². The van der Waals surface area contributed by atoms with E-state index in [9.17, 15) is 23.3 Å². The summed E-state index contributed by atoms with van der Waals surface area (Å²) in [6.45, 7) is 1.25. The molecule has 0 radical (unpaired) electrons. The van der Waals surface area contributed by atoms with Crippen LogP contribution in [0.15, 0.2) is 36.4 Å². The first-order valence-electron chi connectivity index (χ1n) is 8.84. The van der Waals surface area contributed by atoms with Gasteiger partial charge in [0.25, 0.3) is 5.69 Å². The summed E-state index contributed by atoms with van der Waals surface area (Å²) >= 11 is 6.09. The van der Waals surface area contributed by atoms with Gasteiger partial charge in [-0.1, -0.05) is 23.7 Å². The van der Waals surface area contributed by atoms with E-state index in [1.165, 1.54) is 19.1 Å². The van der Waals surface area contributed by atoms with Crippen LogP contribution in [0.2, 0.25) is 5.02 Å². The number of hydrogen-bond acceptors (Lipinski definition) is 7. The number of carbonyl (C=O) groups is 1. The molecule has 10 nitrogen and oxygen atoms in total. The lowest BCUT2D eigenvalue weighted by atomic mass is 10.2. The molecule has 2 N–H and O–H groups in total. The van der Waals surface area contributed by atoms with Crippen molar-refractivity contribution < 1.29 is 22.9 Å². The average Bonchev–Trinajstić information content (AvgIpc) is 3.45. The number of rotatable bonds is 8. The third-order valence-electron chi connectivity index (χ3n) is 4.07. The molecular formula is C18H19ClN4O6S. The third-order valence-corrected chi connectivity index (χ3v) is 4.97. The SMILES string of the molecule is CC(=O)N(NC1CC1)c1cc(NS(C)(=O)=O)c(Oc2ccccc2Cl)cc1[N+](=O)[O-]. The van der Waals surface area contributed by atoms with E-state index in [0.29, 0.717) is 0 Å². The fourth-order valence-electron chi connectivity index (χ4n) is 2.62. The zero-order valence-corrected chi connectivity index (χ0v) is 17.7. The number of amides is 1. The van der Waals surface area contributed by atoms with Crippen molar-refractivity contribution in [1.82, 2.24) is 5.43 Å². The van der Waals surface area contributed by atoms with Gasteiger partial charge in [0, 0.05) is 13.0 Å². The lowest BCUT2D eigenvalue weighted by Crippen LogP contribution is -2.43. The summed E-state index contributed by atoms with van der Waals surface area (Å²) in [5.74, 6) is -0.453. The van der Waals surface area contributed by atoms with Crippen LogP contribution < -0.4 is 19.9 Å². The molecule has 12 heteroatoms. The van der Waals surface area contributed by atoms with Crippen LogP contribution in [0.25, 0.3) is 0 Å². The molecule has 0 aromatic heterocycles. The van der Waals surface area contributed by atoms with E-state index >= 15 is 0 Å². The van der Waals surface area contributed by atoms with Gasteiger partial charge in [-0.05, 0) is 31.0 Å². The number of halogens is 1. The lowest BCUT2D eigenvalue weighted by molar-refractivity contribution is -0.384. The lowest BCUT2D eigenvalue weighted by Gasteiger charge is -2.23. The molecular weight excluding hydrogens is 436 g/mol. The topological polar surface area (TPSA) is 131 Å². The Bertz CT molecular complexity index is 1100. The first-order valence-corrected chi connectivity index (χ1v) is 11.1. The van der Waals surface area contributed by atoms with Crippen LogP contribution >= 0.6 is 11.6 Å². The monoisotopic (exact) mass is 454 g/mol. The van der Waals surface area contributed by atoms with E-state index in [-0.39, 0.29) is 33.9 Å². The smallest absolute Gasteiger partial charge is 0.298 e. The number of benzene rings is 2. The number of nitro benzene ring substituents is 1. The number of ether oxygens (including phenoxy) is 1. The number of nitro groups is 1. The molecule has 1 aliphatic carbocycles. The molecule has 160 valence electrons. The number of hydrazine groups is 1. The molecule has 2 aromatic rings. The molecule has 1 aliphatic rings. The molecule has 2 aromatic carbocycles. The van der Waals surface area contributed by atoms with Crippen LogP contribution in [-0.4, -0.2) is 31.5 Å². The maximum absolute atomic E-state index is 12.2. The highest BCUT2D eigenvalue weighted by molar-refractivity contribution is 7.92. The van der Waals surface area contributed by atoms with E-state index in [1.807, 2.05) is 0 Å². The van der Waals surface area contributed by atoms with Gasteiger partial charge in [0.05, 0.1) is 28.0 Å². The molecule has 0 unspecified atom stereocenters. The number of sulfonamides is 1. The van der Waals surface area contributed by atoms with Crippen molar-refractivity contribution in [2.45, 2.75) is 25.8 Å². The number of nitrogens with one attached hydrogen (secondary N) is 2. The Balaban J connectivity index is 2.15. The van der Waals surface area contributed by atoms with Gasteiger partial charge in [-0.25, -0.2) is 18.9 Å². The van der Waals surface area contributed by atoms with Crippen molar-refractivity contribution in [2.75, 3.05) is 16.0 Å². The van der Waals surface area contributed by atoms with Gasteiger partial charge < -0.3 is 4.74 Å². The molecule has 1 saturated carbocycles. The molecule has 1 amide bonds. The molecule has 0 heterocycles. The van der Waals surface area contributed by atoms with Gasteiger partial charge in [0.1, 0.15) is 11.4 Å². The molecule has 0 saturated heterocycles. The first kappa shape index (κ1) is 21.8.